The standard InChI is InChI=1S/C18H25NO/c1-11-8-13(6-7-18(11)20-2)19-17-10-12-9-16(17)15-5-3-4-14(12)15/h6-8,12,14-17,19H,3-5,9-10H2,1-2H3. The lowest BCUT2D eigenvalue weighted by atomic mass is 9.79. The minimum atomic E-state index is 0.715. The molecule has 2 heteroatoms. The molecule has 0 spiro atoms. The molecule has 1 N–H and O–H groups in total. The van der Waals surface area contributed by atoms with Crippen LogP contribution in [0, 0.1) is 30.6 Å². The Bertz CT molecular complexity index is 512. The van der Waals surface area contributed by atoms with Gasteiger partial charge in [-0.25, -0.2) is 0 Å². The van der Waals surface area contributed by atoms with E-state index < -0.39 is 0 Å². The van der Waals surface area contributed by atoms with Crippen molar-refractivity contribution in [1.82, 2.24) is 0 Å². The molecule has 20 heavy (non-hydrogen) atoms. The molecule has 5 atom stereocenters. The molecule has 0 radical (unpaired) electrons. The summed E-state index contributed by atoms with van der Waals surface area (Å²) >= 11 is 0. The van der Waals surface area contributed by atoms with E-state index in [1.54, 1.807) is 7.11 Å². The van der Waals surface area contributed by atoms with Crippen LogP contribution in [-0.4, -0.2) is 13.2 Å². The summed E-state index contributed by atoms with van der Waals surface area (Å²) in [4.78, 5) is 0. The van der Waals surface area contributed by atoms with Crippen LogP contribution in [0.1, 0.15) is 37.7 Å². The fourth-order valence-corrected chi connectivity index (χ4v) is 5.42. The first-order valence-electron chi connectivity index (χ1n) is 8.17. The molecule has 1 aromatic carbocycles. The quantitative estimate of drug-likeness (QED) is 0.888. The van der Waals surface area contributed by atoms with Crippen molar-refractivity contribution in [3.63, 3.8) is 0 Å². The highest BCUT2D eigenvalue weighted by molar-refractivity contribution is 5.51. The Labute approximate surface area is 121 Å². The summed E-state index contributed by atoms with van der Waals surface area (Å²) in [5.74, 6) is 5.06. The second kappa shape index (κ2) is 4.68. The molecule has 2 bridgehead atoms. The van der Waals surface area contributed by atoms with Gasteiger partial charge in [0.15, 0.2) is 0 Å². The summed E-state index contributed by atoms with van der Waals surface area (Å²) in [5.41, 5.74) is 2.50. The lowest BCUT2D eigenvalue weighted by Gasteiger charge is -2.32. The summed E-state index contributed by atoms with van der Waals surface area (Å²) in [5, 5.41) is 3.82. The van der Waals surface area contributed by atoms with Crippen molar-refractivity contribution in [3.8, 4) is 5.75 Å². The molecule has 5 unspecified atom stereocenters. The molecule has 3 saturated carbocycles. The molecule has 3 aliphatic carbocycles. The van der Waals surface area contributed by atoms with Crippen LogP contribution in [0.25, 0.3) is 0 Å². The lowest BCUT2D eigenvalue weighted by Crippen LogP contribution is -2.33. The third-order valence-corrected chi connectivity index (χ3v) is 6.18. The number of ether oxygens (including phenoxy) is 1. The third kappa shape index (κ3) is 1.84. The second-order valence-corrected chi connectivity index (χ2v) is 7.09. The second-order valence-electron chi connectivity index (χ2n) is 7.09. The van der Waals surface area contributed by atoms with Crippen molar-refractivity contribution < 1.29 is 4.74 Å². The van der Waals surface area contributed by atoms with Crippen LogP contribution in [0.3, 0.4) is 0 Å². The van der Waals surface area contributed by atoms with Gasteiger partial charge in [0.1, 0.15) is 5.75 Å². The van der Waals surface area contributed by atoms with Crippen LogP contribution in [-0.2, 0) is 0 Å². The minimum Gasteiger partial charge on any atom is -0.496 e. The summed E-state index contributed by atoms with van der Waals surface area (Å²) in [6.45, 7) is 2.12. The molecule has 0 amide bonds. The van der Waals surface area contributed by atoms with E-state index in [-0.39, 0.29) is 0 Å². The van der Waals surface area contributed by atoms with Gasteiger partial charge in [-0.05, 0) is 80.0 Å². The van der Waals surface area contributed by atoms with Crippen molar-refractivity contribution >= 4 is 5.69 Å². The van der Waals surface area contributed by atoms with Crippen LogP contribution in [0.4, 0.5) is 5.69 Å². The van der Waals surface area contributed by atoms with Gasteiger partial charge in [-0.1, -0.05) is 6.42 Å². The van der Waals surface area contributed by atoms with Crippen LogP contribution >= 0.6 is 0 Å². The maximum absolute atomic E-state index is 5.35. The van der Waals surface area contributed by atoms with E-state index in [0.717, 1.165) is 29.4 Å². The van der Waals surface area contributed by atoms with Crippen LogP contribution in [0.15, 0.2) is 18.2 Å². The van der Waals surface area contributed by atoms with E-state index in [2.05, 4.69) is 30.4 Å². The zero-order valence-corrected chi connectivity index (χ0v) is 12.6. The average molecular weight is 271 g/mol. The van der Waals surface area contributed by atoms with Crippen LogP contribution < -0.4 is 10.1 Å². The van der Waals surface area contributed by atoms with E-state index in [0.29, 0.717) is 6.04 Å². The van der Waals surface area contributed by atoms with Gasteiger partial charge >= 0.3 is 0 Å². The summed E-state index contributed by atoms with van der Waals surface area (Å²) in [7, 11) is 1.74. The normalized spacial score (nSPS) is 38.0. The summed E-state index contributed by atoms with van der Waals surface area (Å²) < 4.78 is 5.35. The van der Waals surface area contributed by atoms with Crippen molar-refractivity contribution in [2.45, 2.75) is 45.1 Å². The van der Waals surface area contributed by atoms with E-state index in [1.165, 1.54) is 43.4 Å². The van der Waals surface area contributed by atoms with Crippen LogP contribution in [0.2, 0.25) is 0 Å². The molecule has 0 aromatic heterocycles. The van der Waals surface area contributed by atoms with Crippen molar-refractivity contribution in [1.29, 1.82) is 0 Å². The maximum Gasteiger partial charge on any atom is 0.121 e. The number of rotatable bonds is 3. The predicted octanol–water partition coefficient (Wildman–Crippen LogP) is 4.24. The number of aryl methyl sites for hydroxylation is 1. The largest absolute Gasteiger partial charge is 0.496 e. The number of anilines is 1. The fraction of sp³-hybridized carbons (Fsp3) is 0.667. The van der Waals surface area contributed by atoms with Crippen molar-refractivity contribution in [2.75, 3.05) is 12.4 Å². The Morgan fingerprint density at radius 1 is 1.10 bits per heavy atom. The van der Waals surface area contributed by atoms with E-state index in [4.69, 9.17) is 4.74 Å². The Hall–Kier alpha value is -1.18. The fourth-order valence-electron chi connectivity index (χ4n) is 5.42. The summed E-state index contributed by atoms with van der Waals surface area (Å²) in [6, 6.07) is 7.21. The molecule has 0 saturated heterocycles. The number of fused-ring (bicyclic) bond motifs is 5. The van der Waals surface area contributed by atoms with Gasteiger partial charge in [-0.2, -0.15) is 0 Å². The minimum absolute atomic E-state index is 0.715. The first-order chi connectivity index (χ1) is 9.76. The van der Waals surface area contributed by atoms with Crippen molar-refractivity contribution in [3.05, 3.63) is 23.8 Å². The van der Waals surface area contributed by atoms with Gasteiger partial charge in [0.05, 0.1) is 7.11 Å². The molecule has 4 rings (SSSR count). The van der Waals surface area contributed by atoms with E-state index >= 15 is 0 Å². The highest BCUT2D eigenvalue weighted by Crippen LogP contribution is 2.59. The molecule has 3 fully saturated rings. The zero-order valence-electron chi connectivity index (χ0n) is 12.6. The molecule has 108 valence electrons. The number of hydrogen-bond acceptors (Lipinski definition) is 2. The van der Waals surface area contributed by atoms with Gasteiger partial charge in [0.25, 0.3) is 0 Å². The monoisotopic (exact) mass is 271 g/mol. The number of benzene rings is 1. The number of methoxy groups -OCH3 is 1. The highest BCUT2D eigenvalue weighted by atomic mass is 16.5. The average Bonchev–Trinajstić information content (AvgIpc) is 3.10. The van der Waals surface area contributed by atoms with E-state index in [9.17, 15) is 0 Å². The Balaban J connectivity index is 1.49. The van der Waals surface area contributed by atoms with Gasteiger partial charge < -0.3 is 10.1 Å². The molecule has 3 aliphatic rings. The smallest absolute Gasteiger partial charge is 0.121 e. The zero-order chi connectivity index (χ0) is 13.7. The Morgan fingerprint density at radius 2 is 1.95 bits per heavy atom. The lowest BCUT2D eigenvalue weighted by molar-refractivity contribution is 0.243. The van der Waals surface area contributed by atoms with Gasteiger partial charge in [-0.3, -0.25) is 0 Å². The topological polar surface area (TPSA) is 21.3 Å². The van der Waals surface area contributed by atoms with Gasteiger partial charge in [0.2, 0.25) is 0 Å². The van der Waals surface area contributed by atoms with Gasteiger partial charge in [0, 0.05) is 11.7 Å². The summed E-state index contributed by atoms with van der Waals surface area (Å²) in [6.07, 6.45) is 7.38. The first kappa shape index (κ1) is 12.6. The Kier molecular flexibility index (Phi) is 2.94. The van der Waals surface area contributed by atoms with E-state index in [1.807, 2.05) is 0 Å². The van der Waals surface area contributed by atoms with Gasteiger partial charge in [-0.15, -0.1) is 0 Å². The third-order valence-electron chi connectivity index (χ3n) is 6.18. The highest BCUT2D eigenvalue weighted by Gasteiger charge is 2.53. The van der Waals surface area contributed by atoms with Crippen molar-refractivity contribution in [2.24, 2.45) is 23.7 Å². The number of hydrogen-bond donors (Lipinski definition) is 1. The molecular weight excluding hydrogens is 246 g/mol. The predicted molar refractivity (Wildman–Crippen MR) is 82.2 cm³/mol. The van der Waals surface area contributed by atoms with Crippen LogP contribution in [0.5, 0.6) is 5.75 Å². The molecule has 0 aliphatic heterocycles. The molecular formula is C18H25NO. The molecule has 0 heterocycles. The first-order valence-corrected chi connectivity index (χ1v) is 8.17. The maximum atomic E-state index is 5.35. The Morgan fingerprint density at radius 3 is 2.75 bits per heavy atom. The molecule has 1 aromatic rings. The SMILES string of the molecule is COc1ccc(NC2CC3CC2C2CCCC32)cc1C. The number of nitrogens with one attached hydrogen (secondary N) is 1. The molecule has 2 nitrogen and oxygen atoms in total.